The first-order chi connectivity index (χ1) is 11.1. The lowest BCUT2D eigenvalue weighted by molar-refractivity contribution is 0.240. The van der Waals surface area contributed by atoms with Gasteiger partial charge in [-0.1, -0.05) is 42.0 Å². The number of hydrogen-bond acceptors (Lipinski definition) is 3. The highest BCUT2D eigenvalue weighted by molar-refractivity contribution is 5.74. The number of benzene rings is 2. The van der Waals surface area contributed by atoms with Crippen LogP contribution in [0.4, 0.5) is 4.79 Å². The summed E-state index contributed by atoms with van der Waals surface area (Å²) in [5.41, 5.74) is 3.12. The number of rotatable bonds is 6. The Kier molecular flexibility index (Phi) is 5.86. The second-order valence-corrected chi connectivity index (χ2v) is 5.17. The van der Waals surface area contributed by atoms with Crippen molar-refractivity contribution in [3.05, 3.63) is 59.2 Å². The highest BCUT2D eigenvalue weighted by atomic mass is 16.5. The summed E-state index contributed by atoms with van der Waals surface area (Å²) < 4.78 is 10.6. The largest absolute Gasteiger partial charge is 0.493 e. The van der Waals surface area contributed by atoms with Gasteiger partial charge in [0.15, 0.2) is 11.5 Å². The van der Waals surface area contributed by atoms with Crippen LogP contribution >= 0.6 is 0 Å². The molecule has 0 spiro atoms. The Hall–Kier alpha value is -2.69. The zero-order valence-corrected chi connectivity index (χ0v) is 13.7. The Balaban J connectivity index is 1.88. The van der Waals surface area contributed by atoms with E-state index >= 15 is 0 Å². The van der Waals surface area contributed by atoms with Crippen LogP contribution in [0.1, 0.15) is 16.7 Å². The number of aryl methyl sites for hydroxylation is 1. The molecule has 0 heterocycles. The Morgan fingerprint density at radius 2 is 1.65 bits per heavy atom. The molecule has 0 aliphatic rings. The number of urea groups is 1. The standard InChI is InChI=1S/C18H22N2O3/c1-13-7-9-14(10-8-13)11-19-18(21)20-12-15-5-4-6-16(22-2)17(15)23-3/h4-10H,11-12H2,1-3H3,(H2,19,20,21). The fraction of sp³-hybridized carbons (Fsp3) is 0.278. The van der Waals surface area contributed by atoms with Gasteiger partial charge in [-0.2, -0.15) is 0 Å². The highest BCUT2D eigenvalue weighted by Gasteiger charge is 2.10. The lowest BCUT2D eigenvalue weighted by Gasteiger charge is -2.13. The molecule has 0 saturated heterocycles. The molecule has 2 aromatic carbocycles. The van der Waals surface area contributed by atoms with E-state index in [0.29, 0.717) is 24.6 Å². The van der Waals surface area contributed by atoms with Crippen molar-refractivity contribution in [3.8, 4) is 11.5 Å². The molecule has 0 fully saturated rings. The topological polar surface area (TPSA) is 59.6 Å². The van der Waals surface area contributed by atoms with E-state index in [9.17, 15) is 4.79 Å². The molecule has 122 valence electrons. The minimum atomic E-state index is -0.226. The van der Waals surface area contributed by atoms with Crippen molar-refractivity contribution < 1.29 is 14.3 Å². The maximum Gasteiger partial charge on any atom is 0.315 e. The van der Waals surface area contributed by atoms with Gasteiger partial charge in [0.05, 0.1) is 14.2 Å². The molecule has 5 nitrogen and oxygen atoms in total. The van der Waals surface area contributed by atoms with E-state index in [1.54, 1.807) is 14.2 Å². The van der Waals surface area contributed by atoms with E-state index in [0.717, 1.165) is 11.1 Å². The molecule has 2 rings (SSSR count). The maximum atomic E-state index is 11.9. The normalized spacial score (nSPS) is 10.0. The maximum absolute atomic E-state index is 11.9. The Labute approximate surface area is 136 Å². The van der Waals surface area contributed by atoms with Crippen molar-refractivity contribution in [3.63, 3.8) is 0 Å². The number of amides is 2. The van der Waals surface area contributed by atoms with E-state index < -0.39 is 0 Å². The predicted molar refractivity (Wildman–Crippen MR) is 89.8 cm³/mol. The second kappa shape index (κ2) is 8.08. The SMILES string of the molecule is COc1cccc(CNC(=O)NCc2ccc(C)cc2)c1OC. The number of hydrogen-bond donors (Lipinski definition) is 2. The van der Waals surface area contributed by atoms with Gasteiger partial charge in [-0.25, -0.2) is 4.79 Å². The van der Waals surface area contributed by atoms with Gasteiger partial charge in [-0.05, 0) is 18.6 Å². The van der Waals surface area contributed by atoms with Gasteiger partial charge < -0.3 is 20.1 Å². The van der Waals surface area contributed by atoms with E-state index in [2.05, 4.69) is 10.6 Å². The van der Waals surface area contributed by atoms with Crippen LogP contribution in [0.2, 0.25) is 0 Å². The summed E-state index contributed by atoms with van der Waals surface area (Å²) in [6.07, 6.45) is 0. The average molecular weight is 314 g/mol. The van der Waals surface area contributed by atoms with Crippen LogP contribution < -0.4 is 20.1 Å². The quantitative estimate of drug-likeness (QED) is 0.861. The van der Waals surface area contributed by atoms with Crippen LogP contribution in [0, 0.1) is 6.92 Å². The molecule has 0 aromatic heterocycles. The Bertz CT molecular complexity index is 654. The summed E-state index contributed by atoms with van der Waals surface area (Å²) >= 11 is 0. The Morgan fingerprint density at radius 1 is 0.957 bits per heavy atom. The summed E-state index contributed by atoms with van der Waals surface area (Å²) in [4.78, 5) is 11.9. The second-order valence-electron chi connectivity index (χ2n) is 5.17. The molecule has 2 amide bonds. The van der Waals surface area contributed by atoms with E-state index in [1.807, 2.05) is 49.4 Å². The van der Waals surface area contributed by atoms with Crippen LogP contribution in [0.25, 0.3) is 0 Å². The average Bonchev–Trinajstić information content (AvgIpc) is 2.58. The lowest BCUT2D eigenvalue weighted by atomic mass is 10.1. The fourth-order valence-corrected chi connectivity index (χ4v) is 2.22. The number of carbonyl (C=O) groups excluding carboxylic acids is 1. The van der Waals surface area contributed by atoms with E-state index in [1.165, 1.54) is 5.56 Å². The zero-order chi connectivity index (χ0) is 16.7. The van der Waals surface area contributed by atoms with Crippen molar-refractivity contribution in [2.75, 3.05) is 14.2 Å². The zero-order valence-electron chi connectivity index (χ0n) is 13.7. The van der Waals surface area contributed by atoms with Crippen molar-refractivity contribution in [1.29, 1.82) is 0 Å². The summed E-state index contributed by atoms with van der Waals surface area (Å²) in [6.45, 7) is 2.88. The summed E-state index contributed by atoms with van der Waals surface area (Å²) in [7, 11) is 3.17. The minimum absolute atomic E-state index is 0.226. The molecule has 0 aliphatic heterocycles. The number of methoxy groups -OCH3 is 2. The van der Waals surface area contributed by atoms with Gasteiger partial charge in [-0.3, -0.25) is 0 Å². The van der Waals surface area contributed by atoms with Gasteiger partial charge in [0, 0.05) is 18.7 Å². The highest BCUT2D eigenvalue weighted by Crippen LogP contribution is 2.30. The van der Waals surface area contributed by atoms with Crippen molar-refractivity contribution in [1.82, 2.24) is 10.6 Å². The predicted octanol–water partition coefficient (Wildman–Crippen LogP) is 3.01. The van der Waals surface area contributed by atoms with Gasteiger partial charge in [0.25, 0.3) is 0 Å². The number of ether oxygens (including phenoxy) is 2. The molecule has 2 aromatic rings. The van der Waals surface area contributed by atoms with E-state index in [-0.39, 0.29) is 6.03 Å². The lowest BCUT2D eigenvalue weighted by Crippen LogP contribution is -2.34. The molecule has 0 aliphatic carbocycles. The third-order valence-electron chi connectivity index (χ3n) is 3.50. The smallest absolute Gasteiger partial charge is 0.315 e. The van der Waals surface area contributed by atoms with Crippen LogP contribution in [0.3, 0.4) is 0 Å². The monoisotopic (exact) mass is 314 g/mol. The molecule has 0 atom stereocenters. The molecule has 0 radical (unpaired) electrons. The molecule has 0 saturated carbocycles. The first kappa shape index (κ1) is 16.7. The summed E-state index contributed by atoms with van der Waals surface area (Å²) in [6, 6.07) is 13.4. The van der Waals surface area contributed by atoms with Crippen LogP contribution in [0.5, 0.6) is 11.5 Å². The molecular weight excluding hydrogens is 292 g/mol. The van der Waals surface area contributed by atoms with Crippen LogP contribution in [-0.4, -0.2) is 20.3 Å². The Morgan fingerprint density at radius 3 is 2.30 bits per heavy atom. The molecule has 0 unspecified atom stereocenters. The van der Waals surface area contributed by atoms with Gasteiger partial charge >= 0.3 is 6.03 Å². The first-order valence-electron chi connectivity index (χ1n) is 7.41. The van der Waals surface area contributed by atoms with Crippen molar-refractivity contribution >= 4 is 6.03 Å². The molecule has 23 heavy (non-hydrogen) atoms. The third kappa shape index (κ3) is 4.64. The molecule has 5 heteroatoms. The van der Waals surface area contributed by atoms with Gasteiger partial charge in [0.2, 0.25) is 0 Å². The molecule has 2 N–H and O–H groups in total. The van der Waals surface area contributed by atoms with Gasteiger partial charge in [0.1, 0.15) is 0 Å². The third-order valence-corrected chi connectivity index (χ3v) is 3.50. The van der Waals surface area contributed by atoms with E-state index in [4.69, 9.17) is 9.47 Å². The minimum Gasteiger partial charge on any atom is -0.493 e. The molecule has 0 bridgehead atoms. The number of para-hydroxylation sites is 1. The number of nitrogens with one attached hydrogen (secondary N) is 2. The van der Waals surface area contributed by atoms with Crippen molar-refractivity contribution in [2.24, 2.45) is 0 Å². The number of carbonyl (C=O) groups is 1. The van der Waals surface area contributed by atoms with Crippen LogP contribution in [-0.2, 0) is 13.1 Å². The fourth-order valence-electron chi connectivity index (χ4n) is 2.22. The van der Waals surface area contributed by atoms with Crippen molar-refractivity contribution in [2.45, 2.75) is 20.0 Å². The summed E-state index contributed by atoms with van der Waals surface area (Å²) in [5.74, 6) is 1.28. The van der Waals surface area contributed by atoms with Gasteiger partial charge in [-0.15, -0.1) is 0 Å². The first-order valence-corrected chi connectivity index (χ1v) is 7.41. The van der Waals surface area contributed by atoms with Crippen LogP contribution in [0.15, 0.2) is 42.5 Å². The molecular formula is C18H22N2O3. The summed E-state index contributed by atoms with van der Waals surface area (Å²) in [5, 5.41) is 5.65.